The SMILES string of the molecule is Nc1ncccc1CNS(=O)(=O)c1cccc(C(=O)N[C@H]2CCOC2)c1. The molecule has 1 amide bonds. The van der Waals surface area contributed by atoms with Crippen LogP contribution in [-0.2, 0) is 21.3 Å². The molecule has 3 rings (SSSR count). The van der Waals surface area contributed by atoms with Crippen molar-refractivity contribution < 1.29 is 17.9 Å². The van der Waals surface area contributed by atoms with Crippen LogP contribution in [0.4, 0.5) is 5.82 Å². The Balaban J connectivity index is 1.71. The second-order valence-electron chi connectivity index (χ2n) is 5.93. The van der Waals surface area contributed by atoms with Gasteiger partial charge in [0.05, 0.1) is 17.5 Å². The molecule has 0 bridgehead atoms. The van der Waals surface area contributed by atoms with Gasteiger partial charge in [0.25, 0.3) is 5.91 Å². The van der Waals surface area contributed by atoms with Crippen molar-refractivity contribution >= 4 is 21.7 Å². The number of amides is 1. The molecule has 1 aromatic carbocycles. The quantitative estimate of drug-likeness (QED) is 0.680. The standard InChI is InChI=1S/C17H20N4O4S/c18-16-13(4-2-7-19-16)10-20-26(23,24)15-5-1-3-12(9-15)17(22)21-14-6-8-25-11-14/h1-5,7,9,14,20H,6,8,10-11H2,(H2,18,19)(H,21,22)/t14-/m0/s1. The molecule has 2 aromatic rings. The van der Waals surface area contributed by atoms with E-state index in [-0.39, 0.29) is 34.8 Å². The van der Waals surface area contributed by atoms with Crippen LogP contribution in [0.3, 0.4) is 0 Å². The number of carbonyl (C=O) groups excluding carboxylic acids is 1. The molecule has 1 aliphatic rings. The molecule has 26 heavy (non-hydrogen) atoms. The van der Waals surface area contributed by atoms with Crippen LogP contribution in [0.15, 0.2) is 47.5 Å². The van der Waals surface area contributed by atoms with E-state index in [1.165, 1.54) is 24.4 Å². The van der Waals surface area contributed by atoms with E-state index in [9.17, 15) is 13.2 Å². The lowest BCUT2D eigenvalue weighted by Gasteiger charge is -2.12. The van der Waals surface area contributed by atoms with Crippen molar-refractivity contribution in [1.29, 1.82) is 0 Å². The van der Waals surface area contributed by atoms with Crippen molar-refractivity contribution in [2.45, 2.75) is 23.9 Å². The fourth-order valence-corrected chi connectivity index (χ4v) is 3.63. The number of hydrogen-bond donors (Lipinski definition) is 3. The van der Waals surface area contributed by atoms with E-state index in [0.717, 1.165) is 6.42 Å². The molecule has 0 unspecified atom stereocenters. The van der Waals surface area contributed by atoms with E-state index in [0.29, 0.717) is 18.8 Å². The molecule has 8 nitrogen and oxygen atoms in total. The molecular formula is C17H20N4O4S. The van der Waals surface area contributed by atoms with E-state index >= 15 is 0 Å². The summed E-state index contributed by atoms with van der Waals surface area (Å²) in [5, 5.41) is 2.84. The molecule has 0 spiro atoms. The smallest absolute Gasteiger partial charge is 0.251 e. The zero-order valence-corrected chi connectivity index (χ0v) is 14.8. The molecule has 1 saturated heterocycles. The molecule has 1 aromatic heterocycles. The Morgan fingerprint density at radius 2 is 2.15 bits per heavy atom. The Kier molecular flexibility index (Phi) is 5.50. The Bertz CT molecular complexity index is 895. The molecular weight excluding hydrogens is 356 g/mol. The average Bonchev–Trinajstić information content (AvgIpc) is 3.14. The summed E-state index contributed by atoms with van der Waals surface area (Å²) in [4.78, 5) is 16.2. The number of ether oxygens (including phenoxy) is 1. The lowest BCUT2D eigenvalue weighted by atomic mass is 10.2. The van der Waals surface area contributed by atoms with Gasteiger partial charge in [0.2, 0.25) is 10.0 Å². The van der Waals surface area contributed by atoms with Crippen LogP contribution in [0.2, 0.25) is 0 Å². The molecule has 2 heterocycles. The summed E-state index contributed by atoms with van der Waals surface area (Å²) in [6, 6.07) is 9.21. The minimum Gasteiger partial charge on any atom is -0.383 e. The Hall–Kier alpha value is -2.49. The van der Waals surface area contributed by atoms with Crippen molar-refractivity contribution in [1.82, 2.24) is 15.0 Å². The average molecular weight is 376 g/mol. The fraction of sp³-hybridized carbons (Fsp3) is 0.294. The lowest BCUT2D eigenvalue weighted by Crippen LogP contribution is -2.35. The monoisotopic (exact) mass is 376 g/mol. The maximum absolute atomic E-state index is 12.5. The summed E-state index contributed by atoms with van der Waals surface area (Å²) in [5.41, 5.74) is 6.57. The predicted octanol–water partition coefficient (Wildman–Crippen LogP) is 0.661. The number of anilines is 1. The van der Waals surface area contributed by atoms with Gasteiger partial charge in [0.15, 0.2) is 0 Å². The van der Waals surface area contributed by atoms with Crippen molar-refractivity contribution in [2.24, 2.45) is 0 Å². The highest BCUT2D eigenvalue weighted by Gasteiger charge is 2.20. The van der Waals surface area contributed by atoms with Gasteiger partial charge in [0, 0.05) is 30.5 Å². The molecule has 9 heteroatoms. The van der Waals surface area contributed by atoms with E-state index in [4.69, 9.17) is 10.5 Å². The third-order valence-corrected chi connectivity index (χ3v) is 5.45. The highest BCUT2D eigenvalue weighted by Crippen LogP contribution is 2.14. The number of hydrogen-bond acceptors (Lipinski definition) is 6. The minimum atomic E-state index is -3.80. The Morgan fingerprint density at radius 1 is 1.31 bits per heavy atom. The highest BCUT2D eigenvalue weighted by molar-refractivity contribution is 7.89. The maximum atomic E-state index is 12.5. The molecule has 4 N–H and O–H groups in total. The molecule has 138 valence electrons. The third kappa shape index (κ3) is 4.37. The van der Waals surface area contributed by atoms with Gasteiger partial charge in [-0.3, -0.25) is 4.79 Å². The molecule has 1 aliphatic heterocycles. The van der Waals surface area contributed by atoms with E-state index < -0.39 is 10.0 Å². The summed E-state index contributed by atoms with van der Waals surface area (Å²) in [6.07, 6.45) is 2.28. The first-order valence-corrected chi connectivity index (χ1v) is 9.62. The van der Waals surface area contributed by atoms with Crippen molar-refractivity contribution in [3.05, 3.63) is 53.7 Å². The van der Waals surface area contributed by atoms with Crippen LogP contribution in [0.5, 0.6) is 0 Å². The van der Waals surface area contributed by atoms with Gasteiger partial charge in [0.1, 0.15) is 5.82 Å². The van der Waals surface area contributed by atoms with E-state index in [1.54, 1.807) is 18.2 Å². The number of pyridine rings is 1. The normalized spacial score (nSPS) is 17.2. The van der Waals surface area contributed by atoms with Crippen LogP contribution < -0.4 is 15.8 Å². The zero-order valence-electron chi connectivity index (χ0n) is 14.0. The topological polar surface area (TPSA) is 123 Å². The number of nitrogens with two attached hydrogens (primary N) is 1. The highest BCUT2D eigenvalue weighted by atomic mass is 32.2. The second kappa shape index (κ2) is 7.81. The lowest BCUT2D eigenvalue weighted by molar-refractivity contribution is 0.0929. The number of nitrogen functional groups attached to an aromatic ring is 1. The van der Waals surface area contributed by atoms with Crippen LogP contribution >= 0.6 is 0 Å². The Morgan fingerprint density at radius 3 is 2.88 bits per heavy atom. The van der Waals surface area contributed by atoms with Gasteiger partial charge >= 0.3 is 0 Å². The van der Waals surface area contributed by atoms with Crippen LogP contribution in [-0.4, -0.2) is 38.6 Å². The molecule has 0 aliphatic carbocycles. The first-order valence-electron chi connectivity index (χ1n) is 8.13. The molecule has 1 fully saturated rings. The summed E-state index contributed by atoms with van der Waals surface area (Å²) >= 11 is 0. The molecule has 0 radical (unpaired) electrons. The zero-order chi connectivity index (χ0) is 18.6. The number of benzene rings is 1. The van der Waals surface area contributed by atoms with Crippen molar-refractivity contribution in [2.75, 3.05) is 18.9 Å². The number of aromatic nitrogens is 1. The largest absolute Gasteiger partial charge is 0.383 e. The number of sulfonamides is 1. The van der Waals surface area contributed by atoms with Crippen LogP contribution in [0.25, 0.3) is 0 Å². The molecule has 0 saturated carbocycles. The van der Waals surface area contributed by atoms with E-state index in [2.05, 4.69) is 15.0 Å². The summed E-state index contributed by atoms with van der Waals surface area (Å²) < 4.78 is 32.7. The third-order valence-electron chi connectivity index (χ3n) is 4.05. The first-order chi connectivity index (χ1) is 12.5. The Labute approximate surface area is 151 Å². The number of nitrogens with zero attached hydrogens (tertiary/aromatic N) is 1. The fourth-order valence-electron chi connectivity index (χ4n) is 2.58. The van der Waals surface area contributed by atoms with Crippen LogP contribution in [0.1, 0.15) is 22.3 Å². The van der Waals surface area contributed by atoms with Crippen molar-refractivity contribution in [3.8, 4) is 0 Å². The van der Waals surface area contributed by atoms with Crippen molar-refractivity contribution in [3.63, 3.8) is 0 Å². The molecule has 1 atom stereocenters. The number of nitrogens with one attached hydrogen (secondary N) is 2. The van der Waals surface area contributed by atoms with Gasteiger partial charge in [-0.2, -0.15) is 0 Å². The van der Waals surface area contributed by atoms with Gasteiger partial charge < -0.3 is 15.8 Å². The van der Waals surface area contributed by atoms with Crippen LogP contribution in [0, 0.1) is 0 Å². The number of carbonyl (C=O) groups is 1. The predicted molar refractivity (Wildman–Crippen MR) is 95.8 cm³/mol. The summed E-state index contributed by atoms with van der Waals surface area (Å²) in [5.74, 6) is -0.0591. The summed E-state index contributed by atoms with van der Waals surface area (Å²) in [6.45, 7) is 1.09. The van der Waals surface area contributed by atoms with Gasteiger partial charge in [-0.15, -0.1) is 0 Å². The second-order valence-corrected chi connectivity index (χ2v) is 7.70. The van der Waals surface area contributed by atoms with Gasteiger partial charge in [-0.25, -0.2) is 18.1 Å². The van der Waals surface area contributed by atoms with Gasteiger partial charge in [-0.05, 0) is 30.7 Å². The summed E-state index contributed by atoms with van der Waals surface area (Å²) in [7, 11) is -3.80. The number of rotatable bonds is 6. The maximum Gasteiger partial charge on any atom is 0.251 e. The first kappa shape index (κ1) is 18.3. The van der Waals surface area contributed by atoms with Gasteiger partial charge in [-0.1, -0.05) is 12.1 Å². The minimum absolute atomic E-state index is 0.00952. The van der Waals surface area contributed by atoms with E-state index in [1.807, 2.05) is 0 Å².